The molecule has 0 saturated heterocycles. The molecule has 8 nitrogen and oxygen atoms in total. The Hall–Kier alpha value is -1.69. The molecule has 2 aromatic heterocycles. The number of likely N-dealkylation sites (N-methyl/N-ethyl adjacent to an activating group) is 1. The van der Waals surface area contributed by atoms with Crippen LogP contribution < -0.4 is 10.6 Å². The fourth-order valence-electron chi connectivity index (χ4n) is 2.85. The molecule has 2 N–H and O–H groups in total. The molecule has 10 heteroatoms. The van der Waals surface area contributed by atoms with Gasteiger partial charge in [-0.3, -0.25) is 4.79 Å². The van der Waals surface area contributed by atoms with E-state index in [0.29, 0.717) is 12.5 Å². The van der Waals surface area contributed by atoms with Gasteiger partial charge in [0.25, 0.3) is 0 Å². The molecule has 0 fully saturated rings. The van der Waals surface area contributed by atoms with E-state index in [4.69, 9.17) is 0 Å². The van der Waals surface area contributed by atoms with Crippen molar-refractivity contribution in [1.29, 1.82) is 0 Å². The van der Waals surface area contributed by atoms with Crippen molar-refractivity contribution in [3.63, 3.8) is 0 Å². The van der Waals surface area contributed by atoms with E-state index in [2.05, 4.69) is 44.1 Å². The van der Waals surface area contributed by atoms with Crippen LogP contribution >= 0.6 is 35.3 Å². The van der Waals surface area contributed by atoms with Crippen LogP contribution in [0.3, 0.4) is 0 Å². The van der Waals surface area contributed by atoms with Crippen LogP contribution in [0.15, 0.2) is 22.5 Å². The maximum absolute atomic E-state index is 11.9. The van der Waals surface area contributed by atoms with Crippen LogP contribution in [0, 0.1) is 0 Å². The Balaban J connectivity index is 0.00000280. The van der Waals surface area contributed by atoms with Gasteiger partial charge in [-0.1, -0.05) is 13.0 Å². The fourth-order valence-corrected chi connectivity index (χ4v) is 3.49. The van der Waals surface area contributed by atoms with Crippen LogP contribution in [-0.2, 0) is 30.7 Å². The number of guanidine groups is 1. The second kappa shape index (κ2) is 10.7. The molecule has 154 valence electrons. The summed E-state index contributed by atoms with van der Waals surface area (Å²) in [6, 6.07) is 4.31. The molecule has 3 heterocycles. The van der Waals surface area contributed by atoms with Gasteiger partial charge in [0.15, 0.2) is 11.8 Å². The molecule has 1 atom stereocenters. The average Bonchev–Trinajstić information content (AvgIpc) is 3.32. The van der Waals surface area contributed by atoms with Gasteiger partial charge in [0.05, 0.1) is 13.1 Å². The largest absolute Gasteiger partial charge is 0.352 e. The lowest BCUT2D eigenvalue weighted by molar-refractivity contribution is -0.127. The van der Waals surface area contributed by atoms with Crippen LogP contribution in [0.1, 0.15) is 29.9 Å². The highest BCUT2D eigenvalue weighted by molar-refractivity contribution is 14.0. The minimum atomic E-state index is -0.0259. The van der Waals surface area contributed by atoms with Gasteiger partial charge in [-0.25, -0.2) is 14.7 Å². The van der Waals surface area contributed by atoms with Crippen molar-refractivity contribution in [2.45, 2.75) is 45.3 Å². The molecule has 1 amide bonds. The second-order valence-corrected chi connectivity index (χ2v) is 7.78. The third-order valence-corrected chi connectivity index (χ3v) is 5.32. The van der Waals surface area contributed by atoms with Gasteiger partial charge in [0.1, 0.15) is 12.4 Å². The first-order valence-corrected chi connectivity index (χ1v) is 10.1. The second-order valence-electron chi connectivity index (χ2n) is 6.75. The SMILES string of the molecule is CCc1nc2n(n1)CC(NC(=NCC(=O)N(C)C)NCc1cccs1)CC2.I. The number of fused-ring (bicyclic) bond motifs is 1. The van der Waals surface area contributed by atoms with Crippen molar-refractivity contribution in [3.8, 4) is 0 Å². The quantitative estimate of drug-likeness (QED) is 0.346. The monoisotopic (exact) mass is 517 g/mol. The predicted octanol–water partition coefficient (Wildman–Crippen LogP) is 1.66. The van der Waals surface area contributed by atoms with Crippen molar-refractivity contribution in [2.75, 3.05) is 20.6 Å². The lowest BCUT2D eigenvalue weighted by Gasteiger charge is -2.25. The van der Waals surface area contributed by atoms with E-state index in [1.165, 1.54) is 4.88 Å². The number of aryl methyl sites for hydroxylation is 2. The summed E-state index contributed by atoms with van der Waals surface area (Å²) in [6.07, 6.45) is 2.70. The first-order valence-electron chi connectivity index (χ1n) is 9.25. The number of rotatable bonds is 6. The number of aliphatic imine (C=N–C) groups is 1. The minimum absolute atomic E-state index is 0. The first-order chi connectivity index (χ1) is 13.0. The van der Waals surface area contributed by atoms with E-state index in [0.717, 1.165) is 37.5 Å². The van der Waals surface area contributed by atoms with E-state index in [1.54, 1.807) is 30.3 Å². The number of nitrogens with zero attached hydrogens (tertiary/aromatic N) is 5. The van der Waals surface area contributed by atoms with E-state index in [1.807, 2.05) is 10.7 Å². The summed E-state index contributed by atoms with van der Waals surface area (Å²) in [4.78, 5) is 23.7. The maximum atomic E-state index is 11.9. The minimum Gasteiger partial charge on any atom is -0.352 e. The van der Waals surface area contributed by atoms with Crippen molar-refractivity contribution >= 4 is 47.2 Å². The molecular weight excluding hydrogens is 489 g/mol. The summed E-state index contributed by atoms with van der Waals surface area (Å²) >= 11 is 1.69. The molecule has 0 aliphatic carbocycles. The Bertz CT molecular complexity index is 788. The van der Waals surface area contributed by atoms with Gasteiger partial charge in [-0.2, -0.15) is 5.10 Å². The Morgan fingerprint density at radius 2 is 2.29 bits per heavy atom. The smallest absolute Gasteiger partial charge is 0.243 e. The standard InChI is InChI=1S/C18H27N7OS.HI/c1-4-15-22-16-8-7-13(12-25(16)23-15)21-18(20-11-17(26)24(2)3)19-10-14-6-5-9-27-14;/h5-6,9,13H,4,7-8,10-12H2,1-3H3,(H2,19,20,21);1H. The van der Waals surface area contributed by atoms with Crippen LogP contribution in [0.5, 0.6) is 0 Å². The molecule has 3 rings (SSSR count). The summed E-state index contributed by atoms with van der Waals surface area (Å²) in [7, 11) is 3.48. The van der Waals surface area contributed by atoms with Crippen molar-refractivity contribution in [1.82, 2.24) is 30.3 Å². The molecule has 1 unspecified atom stereocenters. The van der Waals surface area contributed by atoms with Crippen LogP contribution in [0.4, 0.5) is 0 Å². The lowest BCUT2D eigenvalue weighted by Crippen LogP contribution is -2.47. The van der Waals surface area contributed by atoms with E-state index in [9.17, 15) is 4.79 Å². The van der Waals surface area contributed by atoms with Crippen molar-refractivity contribution < 1.29 is 4.79 Å². The Morgan fingerprint density at radius 3 is 2.96 bits per heavy atom. The molecule has 0 aromatic carbocycles. The number of amides is 1. The van der Waals surface area contributed by atoms with Crippen LogP contribution in [0.25, 0.3) is 0 Å². The van der Waals surface area contributed by atoms with Crippen molar-refractivity contribution in [2.24, 2.45) is 4.99 Å². The normalized spacial score (nSPS) is 16.1. The Labute approximate surface area is 186 Å². The number of carbonyl (C=O) groups excluding carboxylic acids is 1. The zero-order valence-electron chi connectivity index (χ0n) is 16.5. The van der Waals surface area contributed by atoms with Gasteiger partial charge in [-0.15, -0.1) is 35.3 Å². The number of hydrogen-bond acceptors (Lipinski definition) is 5. The molecule has 0 saturated carbocycles. The third-order valence-electron chi connectivity index (χ3n) is 4.44. The number of halogens is 1. The van der Waals surface area contributed by atoms with Gasteiger partial charge >= 0.3 is 0 Å². The molecule has 1 aliphatic heterocycles. The first kappa shape index (κ1) is 22.6. The molecular formula is C18H28IN7OS. The number of nitrogens with one attached hydrogen (secondary N) is 2. The van der Waals surface area contributed by atoms with E-state index >= 15 is 0 Å². The predicted molar refractivity (Wildman–Crippen MR) is 122 cm³/mol. The van der Waals surface area contributed by atoms with Crippen LogP contribution in [0.2, 0.25) is 0 Å². The van der Waals surface area contributed by atoms with Gasteiger partial charge in [0, 0.05) is 37.9 Å². The third kappa shape index (κ3) is 6.16. The number of thiophene rings is 1. The molecule has 0 bridgehead atoms. The number of hydrogen-bond donors (Lipinski definition) is 2. The van der Waals surface area contributed by atoms with Crippen molar-refractivity contribution in [3.05, 3.63) is 34.0 Å². The van der Waals surface area contributed by atoms with Gasteiger partial charge in [-0.05, 0) is 17.9 Å². The molecule has 0 radical (unpaired) electrons. The zero-order chi connectivity index (χ0) is 19.2. The molecule has 2 aromatic rings. The van der Waals surface area contributed by atoms with Gasteiger partial charge < -0.3 is 15.5 Å². The zero-order valence-corrected chi connectivity index (χ0v) is 19.7. The Kier molecular flexibility index (Phi) is 8.67. The summed E-state index contributed by atoms with van der Waals surface area (Å²) in [5.74, 6) is 2.58. The Morgan fingerprint density at radius 1 is 1.46 bits per heavy atom. The summed E-state index contributed by atoms with van der Waals surface area (Å²) in [5, 5.41) is 13.4. The number of aromatic nitrogens is 3. The summed E-state index contributed by atoms with van der Waals surface area (Å²) < 4.78 is 1.99. The highest BCUT2D eigenvalue weighted by Crippen LogP contribution is 2.13. The molecule has 0 spiro atoms. The topological polar surface area (TPSA) is 87.4 Å². The summed E-state index contributed by atoms with van der Waals surface area (Å²) in [5.41, 5.74) is 0. The van der Waals surface area contributed by atoms with Gasteiger partial charge in [0.2, 0.25) is 5.91 Å². The lowest BCUT2D eigenvalue weighted by atomic mass is 10.1. The summed E-state index contributed by atoms with van der Waals surface area (Å²) in [6.45, 7) is 3.62. The fraction of sp³-hybridized carbons (Fsp3) is 0.556. The van der Waals surface area contributed by atoms with Crippen LogP contribution in [-0.4, -0.2) is 58.2 Å². The average molecular weight is 517 g/mol. The highest BCUT2D eigenvalue weighted by Gasteiger charge is 2.22. The number of carbonyl (C=O) groups is 1. The van der Waals surface area contributed by atoms with E-state index in [-0.39, 0.29) is 42.5 Å². The maximum Gasteiger partial charge on any atom is 0.243 e. The molecule has 1 aliphatic rings. The molecule has 28 heavy (non-hydrogen) atoms. The highest BCUT2D eigenvalue weighted by atomic mass is 127. The van der Waals surface area contributed by atoms with E-state index < -0.39 is 0 Å².